The van der Waals surface area contributed by atoms with Crippen molar-refractivity contribution in [3.8, 4) is 5.75 Å². The molecule has 0 aromatic carbocycles. The van der Waals surface area contributed by atoms with Crippen molar-refractivity contribution in [3.63, 3.8) is 0 Å². The number of ether oxygens (including phenoxy) is 1. The second-order valence-corrected chi connectivity index (χ2v) is 5.95. The summed E-state index contributed by atoms with van der Waals surface area (Å²) in [6.45, 7) is 6.10. The number of nitrogens with zero attached hydrogens (tertiary/aromatic N) is 1. The number of primary amides is 1. The Balaban J connectivity index is 2.60. The van der Waals surface area contributed by atoms with Gasteiger partial charge in [0, 0.05) is 12.6 Å². The average Bonchev–Trinajstić information content (AvgIpc) is 2.70. The van der Waals surface area contributed by atoms with Gasteiger partial charge in [-0.05, 0) is 33.9 Å². The molecular formula is C13H24N4O2S. The predicted octanol–water partition coefficient (Wildman–Crippen LogP) is 1.58. The summed E-state index contributed by atoms with van der Waals surface area (Å²) >= 11 is 1.23. The number of nitrogen functional groups attached to an aromatic ring is 1. The number of carbonyl (C=O) groups excluding carboxylic acids is 1. The molecule has 0 unspecified atom stereocenters. The monoisotopic (exact) mass is 300 g/mol. The van der Waals surface area contributed by atoms with Crippen LogP contribution in [0, 0.1) is 0 Å². The molecule has 114 valence electrons. The summed E-state index contributed by atoms with van der Waals surface area (Å²) < 4.78 is 5.23. The summed E-state index contributed by atoms with van der Waals surface area (Å²) in [6, 6.07) is 0.531. The molecule has 20 heavy (non-hydrogen) atoms. The van der Waals surface area contributed by atoms with E-state index in [4.69, 9.17) is 16.2 Å². The normalized spacial score (nSPS) is 11.1. The molecule has 1 aromatic rings. The molecule has 0 fully saturated rings. The lowest BCUT2D eigenvalue weighted by molar-refractivity contribution is 0.100. The molecule has 0 spiro atoms. The van der Waals surface area contributed by atoms with E-state index in [1.54, 1.807) is 0 Å². The summed E-state index contributed by atoms with van der Waals surface area (Å²) in [4.78, 5) is 13.9. The topological polar surface area (TPSA) is 93.6 Å². The maximum Gasteiger partial charge on any atom is 0.261 e. The summed E-state index contributed by atoms with van der Waals surface area (Å²) in [5.74, 6) is -0.0283. The highest BCUT2D eigenvalue weighted by Gasteiger charge is 2.19. The number of methoxy groups -OCH3 is 1. The van der Waals surface area contributed by atoms with Crippen molar-refractivity contribution in [1.29, 1.82) is 0 Å². The number of rotatable bonds is 8. The number of amides is 1. The van der Waals surface area contributed by atoms with Crippen molar-refractivity contribution in [3.05, 3.63) is 4.88 Å². The Labute approximate surface area is 124 Å². The fourth-order valence-corrected chi connectivity index (χ4v) is 2.69. The van der Waals surface area contributed by atoms with Crippen molar-refractivity contribution in [1.82, 2.24) is 4.90 Å². The zero-order valence-corrected chi connectivity index (χ0v) is 13.3. The van der Waals surface area contributed by atoms with Crippen molar-refractivity contribution in [2.45, 2.75) is 26.3 Å². The molecule has 6 nitrogen and oxygen atoms in total. The Kier molecular flexibility index (Phi) is 6.09. The van der Waals surface area contributed by atoms with Crippen LogP contribution in [-0.4, -0.2) is 44.1 Å². The molecule has 1 amide bonds. The smallest absolute Gasteiger partial charge is 0.261 e. The predicted molar refractivity (Wildman–Crippen MR) is 84.7 cm³/mol. The molecule has 7 heteroatoms. The van der Waals surface area contributed by atoms with Gasteiger partial charge in [0.1, 0.15) is 15.6 Å². The molecule has 0 aliphatic rings. The zero-order chi connectivity index (χ0) is 15.3. The van der Waals surface area contributed by atoms with Crippen LogP contribution in [-0.2, 0) is 0 Å². The van der Waals surface area contributed by atoms with Crippen molar-refractivity contribution in [2.24, 2.45) is 5.73 Å². The SMILES string of the molecule is COc1c(NCCCN(C)C(C)C)sc(C(N)=O)c1N. The first kappa shape index (κ1) is 16.6. The van der Waals surface area contributed by atoms with E-state index >= 15 is 0 Å². The summed E-state index contributed by atoms with van der Waals surface area (Å²) in [5, 5.41) is 4.01. The van der Waals surface area contributed by atoms with Gasteiger partial charge in [-0.15, -0.1) is 11.3 Å². The third-order valence-corrected chi connectivity index (χ3v) is 4.34. The van der Waals surface area contributed by atoms with Gasteiger partial charge in [-0.25, -0.2) is 0 Å². The largest absolute Gasteiger partial charge is 0.492 e. The third kappa shape index (κ3) is 4.01. The molecule has 5 N–H and O–H groups in total. The lowest BCUT2D eigenvalue weighted by atomic mass is 10.3. The van der Waals surface area contributed by atoms with Crippen LogP contribution in [0.1, 0.15) is 29.9 Å². The lowest BCUT2D eigenvalue weighted by Gasteiger charge is -2.20. The van der Waals surface area contributed by atoms with Gasteiger partial charge in [0.15, 0.2) is 5.75 Å². The maximum atomic E-state index is 11.3. The number of nitrogens with two attached hydrogens (primary N) is 2. The van der Waals surface area contributed by atoms with E-state index in [2.05, 4.69) is 31.1 Å². The van der Waals surface area contributed by atoms with Crippen LogP contribution in [0.25, 0.3) is 0 Å². The van der Waals surface area contributed by atoms with Gasteiger partial charge in [0.2, 0.25) is 0 Å². The molecule has 1 aromatic heterocycles. The van der Waals surface area contributed by atoms with Crippen molar-refractivity contribution < 1.29 is 9.53 Å². The number of hydrogen-bond donors (Lipinski definition) is 3. The second kappa shape index (κ2) is 7.35. The quantitative estimate of drug-likeness (QED) is 0.634. The molecule has 1 heterocycles. The third-order valence-electron chi connectivity index (χ3n) is 3.18. The van der Waals surface area contributed by atoms with Crippen molar-refractivity contribution >= 4 is 27.9 Å². The highest BCUT2D eigenvalue weighted by atomic mass is 32.1. The van der Waals surface area contributed by atoms with Gasteiger partial charge in [-0.1, -0.05) is 0 Å². The van der Waals surface area contributed by atoms with E-state index in [0.717, 1.165) is 24.5 Å². The highest BCUT2D eigenvalue weighted by molar-refractivity contribution is 7.19. The van der Waals surface area contributed by atoms with Gasteiger partial charge < -0.3 is 26.4 Å². The van der Waals surface area contributed by atoms with Crippen LogP contribution < -0.4 is 21.5 Å². The first-order valence-corrected chi connectivity index (χ1v) is 7.40. The molecule has 0 saturated heterocycles. The molecule has 0 bridgehead atoms. The Morgan fingerprint density at radius 2 is 2.15 bits per heavy atom. The van der Waals surface area contributed by atoms with E-state index < -0.39 is 5.91 Å². The minimum absolute atomic E-state index is 0.312. The molecule has 0 saturated carbocycles. The molecular weight excluding hydrogens is 276 g/mol. The average molecular weight is 300 g/mol. The van der Waals surface area contributed by atoms with Gasteiger partial charge >= 0.3 is 0 Å². The van der Waals surface area contributed by atoms with Gasteiger partial charge in [-0.3, -0.25) is 4.79 Å². The Morgan fingerprint density at radius 3 is 2.65 bits per heavy atom. The van der Waals surface area contributed by atoms with E-state index in [-0.39, 0.29) is 0 Å². The Hall–Kier alpha value is -1.47. The van der Waals surface area contributed by atoms with E-state index in [1.807, 2.05) is 0 Å². The van der Waals surface area contributed by atoms with Gasteiger partial charge in [0.05, 0.1) is 7.11 Å². The minimum atomic E-state index is -0.529. The van der Waals surface area contributed by atoms with Crippen LogP contribution in [0.2, 0.25) is 0 Å². The van der Waals surface area contributed by atoms with E-state index in [1.165, 1.54) is 18.4 Å². The fraction of sp³-hybridized carbons (Fsp3) is 0.615. The fourth-order valence-electron chi connectivity index (χ4n) is 1.72. The van der Waals surface area contributed by atoms with E-state index in [0.29, 0.717) is 22.4 Å². The molecule has 1 rings (SSSR count). The Bertz CT molecular complexity index is 459. The zero-order valence-electron chi connectivity index (χ0n) is 12.5. The maximum absolute atomic E-state index is 11.3. The van der Waals surface area contributed by atoms with Crippen LogP contribution in [0.4, 0.5) is 10.7 Å². The summed E-state index contributed by atoms with van der Waals surface area (Å²) in [7, 11) is 3.63. The first-order valence-electron chi connectivity index (χ1n) is 6.58. The highest BCUT2D eigenvalue weighted by Crippen LogP contribution is 2.42. The Morgan fingerprint density at radius 1 is 1.50 bits per heavy atom. The number of carbonyl (C=O) groups is 1. The van der Waals surface area contributed by atoms with Crippen LogP contribution in [0.5, 0.6) is 5.75 Å². The lowest BCUT2D eigenvalue weighted by Crippen LogP contribution is -2.28. The van der Waals surface area contributed by atoms with Crippen molar-refractivity contribution in [2.75, 3.05) is 38.3 Å². The van der Waals surface area contributed by atoms with Crippen LogP contribution in [0.3, 0.4) is 0 Å². The van der Waals surface area contributed by atoms with Gasteiger partial charge in [-0.2, -0.15) is 0 Å². The standard InChI is InChI=1S/C13H24N4O2S/c1-8(2)17(3)7-5-6-16-13-10(19-4)9(14)11(20-13)12(15)18/h8,16H,5-7,14H2,1-4H3,(H2,15,18). The molecule has 0 aliphatic carbocycles. The number of hydrogen-bond acceptors (Lipinski definition) is 6. The summed E-state index contributed by atoms with van der Waals surface area (Å²) in [5.41, 5.74) is 11.4. The second-order valence-electron chi connectivity index (χ2n) is 4.93. The van der Waals surface area contributed by atoms with Gasteiger partial charge in [0.25, 0.3) is 5.91 Å². The number of anilines is 2. The first-order chi connectivity index (χ1) is 9.38. The van der Waals surface area contributed by atoms with E-state index in [9.17, 15) is 4.79 Å². The number of thiophene rings is 1. The molecule has 0 atom stereocenters. The minimum Gasteiger partial charge on any atom is -0.492 e. The molecule has 0 aliphatic heterocycles. The molecule has 0 radical (unpaired) electrons. The number of nitrogens with one attached hydrogen (secondary N) is 1. The van der Waals surface area contributed by atoms with Crippen LogP contribution in [0.15, 0.2) is 0 Å². The summed E-state index contributed by atoms with van der Waals surface area (Å²) in [6.07, 6.45) is 0.988. The van der Waals surface area contributed by atoms with Crippen LogP contribution >= 0.6 is 11.3 Å².